The van der Waals surface area contributed by atoms with Gasteiger partial charge >= 0.3 is 0 Å². The number of pyridine rings is 1. The number of aromatic nitrogens is 2. The van der Waals surface area contributed by atoms with Gasteiger partial charge in [0.15, 0.2) is 0 Å². The number of hydrogen-bond acceptors (Lipinski definition) is 4. The molecule has 0 atom stereocenters. The minimum absolute atomic E-state index is 0.213. The van der Waals surface area contributed by atoms with Crippen molar-refractivity contribution in [3.8, 4) is 5.88 Å². The number of rotatable bonds is 5. The first kappa shape index (κ1) is 13.9. The lowest BCUT2D eigenvalue weighted by Gasteiger charge is -2.08. The van der Waals surface area contributed by atoms with Crippen LogP contribution in [0.3, 0.4) is 0 Å². The van der Waals surface area contributed by atoms with E-state index in [1.807, 2.05) is 13.8 Å². The molecule has 0 aromatic carbocycles. The molecule has 0 unspecified atom stereocenters. The first-order valence-electron chi connectivity index (χ1n) is 6.50. The zero-order chi connectivity index (χ0) is 14.5. The Bertz CT molecular complexity index is 590. The average molecular weight is 274 g/mol. The van der Waals surface area contributed by atoms with Crippen LogP contribution < -0.4 is 15.8 Å². The van der Waals surface area contributed by atoms with Crippen molar-refractivity contribution in [1.82, 2.24) is 9.55 Å². The highest BCUT2D eigenvalue weighted by molar-refractivity contribution is 6.03. The van der Waals surface area contributed by atoms with E-state index in [2.05, 4.69) is 10.3 Å². The Morgan fingerprint density at radius 2 is 2.25 bits per heavy atom. The molecule has 0 saturated heterocycles. The van der Waals surface area contributed by atoms with Gasteiger partial charge in [-0.25, -0.2) is 4.98 Å². The number of nitrogens with zero attached hydrogens (tertiary/aromatic N) is 2. The second-order valence-corrected chi connectivity index (χ2v) is 4.22. The van der Waals surface area contributed by atoms with Crippen molar-refractivity contribution in [3.63, 3.8) is 0 Å². The van der Waals surface area contributed by atoms with Crippen LogP contribution in [0.5, 0.6) is 5.88 Å². The van der Waals surface area contributed by atoms with Crippen molar-refractivity contribution < 1.29 is 9.53 Å². The first-order chi connectivity index (χ1) is 9.63. The fourth-order valence-corrected chi connectivity index (χ4v) is 1.87. The summed E-state index contributed by atoms with van der Waals surface area (Å²) in [7, 11) is 0. The van der Waals surface area contributed by atoms with Gasteiger partial charge in [-0.15, -0.1) is 0 Å². The van der Waals surface area contributed by atoms with Crippen molar-refractivity contribution in [3.05, 3.63) is 36.3 Å². The van der Waals surface area contributed by atoms with E-state index in [0.717, 1.165) is 0 Å². The number of ether oxygens (including phenoxy) is 1. The molecule has 0 aliphatic carbocycles. The van der Waals surface area contributed by atoms with Gasteiger partial charge < -0.3 is 20.4 Å². The number of amides is 1. The highest BCUT2D eigenvalue weighted by Gasteiger charge is 2.12. The second kappa shape index (κ2) is 6.10. The van der Waals surface area contributed by atoms with E-state index in [1.54, 1.807) is 35.2 Å². The summed E-state index contributed by atoms with van der Waals surface area (Å²) in [5.74, 6) is 0.321. The maximum Gasteiger partial charge on any atom is 0.272 e. The fraction of sp³-hybridized carbons (Fsp3) is 0.286. The minimum atomic E-state index is -0.213. The van der Waals surface area contributed by atoms with Crippen molar-refractivity contribution >= 4 is 17.3 Å². The SMILES string of the molecule is CCOc1ccc(NC(=O)c2cc(N)cn2CC)cn1. The van der Waals surface area contributed by atoms with Crippen LogP contribution in [0.15, 0.2) is 30.6 Å². The van der Waals surface area contributed by atoms with E-state index < -0.39 is 0 Å². The van der Waals surface area contributed by atoms with Gasteiger partial charge in [-0.3, -0.25) is 4.79 Å². The van der Waals surface area contributed by atoms with E-state index in [-0.39, 0.29) is 5.91 Å². The van der Waals surface area contributed by atoms with Crippen LogP contribution in [0.2, 0.25) is 0 Å². The predicted molar refractivity (Wildman–Crippen MR) is 77.9 cm³/mol. The van der Waals surface area contributed by atoms with Gasteiger partial charge in [-0.05, 0) is 26.0 Å². The third kappa shape index (κ3) is 3.09. The number of nitrogen functional groups attached to an aromatic ring is 1. The van der Waals surface area contributed by atoms with E-state index in [0.29, 0.717) is 36.1 Å². The molecule has 0 radical (unpaired) electrons. The first-order valence-corrected chi connectivity index (χ1v) is 6.50. The molecule has 2 aromatic heterocycles. The summed E-state index contributed by atoms with van der Waals surface area (Å²) in [6.45, 7) is 5.08. The van der Waals surface area contributed by atoms with E-state index in [1.165, 1.54) is 0 Å². The summed E-state index contributed by atoms with van der Waals surface area (Å²) in [4.78, 5) is 16.3. The van der Waals surface area contributed by atoms with Crippen LogP contribution in [-0.4, -0.2) is 22.1 Å². The molecule has 0 spiro atoms. The number of nitrogens with two attached hydrogens (primary N) is 1. The molecule has 3 N–H and O–H groups in total. The predicted octanol–water partition coefficient (Wildman–Crippen LogP) is 2.14. The summed E-state index contributed by atoms with van der Waals surface area (Å²) in [5.41, 5.74) is 7.42. The normalized spacial score (nSPS) is 10.3. The summed E-state index contributed by atoms with van der Waals surface area (Å²) < 4.78 is 7.04. The Morgan fingerprint density at radius 1 is 1.45 bits per heavy atom. The van der Waals surface area contributed by atoms with E-state index in [9.17, 15) is 4.79 Å². The number of hydrogen-bond donors (Lipinski definition) is 2. The Labute approximate surface area is 117 Å². The van der Waals surface area contributed by atoms with Crippen LogP contribution in [0.4, 0.5) is 11.4 Å². The lowest BCUT2D eigenvalue weighted by atomic mass is 10.3. The Morgan fingerprint density at radius 3 is 2.85 bits per heavy atom. The number of carbonyl (C=O) groups excluding carboxylic acids is 1. The van der Waals surface area contributed by atoms with E-state index in [4.69, 9.17) is 10.5 Å². The number of nitrogens with one attached hydrogen (secondary N) is 1. The fourth-order valence-electron chi connectivity index (χ4n) is 1.87. The molecule has 2 aromatic rings. The highest BCUT2D eigenvalue weighted by Crippen LogP contribution is 2.15. The molecule has 20 heavy (non-hydrogen) atoms. The van der Waals surface area contributed by atoms with Crippen molar-refractivity contribution in [1.29, 1.82) is 0 Å². The molecule has 0 aliphatic rings. The molecule has 106 valence electrons. The summed E-state index contributed by atoms with van der Waals surface area (Å²) >= 11 is 0. The van der Waals surface area contributed by atoms with Gasteiger partial charge in [0, 0.05) is 18.8 Å². The third-order valence-electron chi connectivity index (χ3n) is 2.78. The van der Waals surface area contributed by atoms with Crippen LogP contribution in [-0.2, 0) is 6.54 Å². The van der Waals surface area contributed by atoms with Crippen LogP contribution >= 0.6 is 0 Å². The van der Waals surface area contributed by atoms with Gasteiger partial charge in [0.25, 0.3) is 5.91 Å². The van der Waals surface area contributed by atoms with Crippen LogP contribution in [0, 0.1) is 0 Å². The summed E-state index contributed by atoms with van der Waals surface area (Å²) in [6, 6.07) is 5.12. The topological polar surface area (TPSA) is 82.2 Å². The maximum atomic E-state index is 12.2. The quantitative estimate of drug-likeness (QED) is 0.875. The monoisotopic (exact) mass is 274 g/mol. The molecule has 2 heterocycles. The van der Waals surface area contributed by atoms with Gasteiger partial charge in [0.05, 0.1) is 24.2 Å². The molecular weight excluding hydrogens is 256 g/mol. The standard InChI is InChI=1S/C14H18N4O2/c1-3-18-9-10(15)7-12(18)14(19)17-11-5-6-13(16-8-11)20-4-2/h5-9H,3-4,15H2,1-2H3,(H,17,19). The Balaban J connectivity index is 2.10. The second-order valence-electron chi connectivity index (χ2n) is 4.22. The van der Waals surface area contributed by atoms with Gasteiger partial charge in [0.1, 0.15) is 5.69 Å². The smallest absolute Gasteiger partial charge is 0.272 e. The molecular formula is C14H18N4O2. The van der Waals surface area contributed by atoms with Gasteiger partial charge in [-0.1, -0.05) is 0 Å². The third-order valence-corrected chi connectivity index (χ3v) is 2.78. The lowest BCUT2D eigenvalue weighted by Crippen LogP contribution is -2.16. The molecule has 6 nitrogen and oxygen atoms in total. The summed E-state index contributed by atoms with van der Waals surface area (Å²) in [5, 5.41) is 2.78. The zero-order valence-corrected chi connectivity index (χ0v) is 11.6. The molecule has 1 amide bonds. The molecule has 0 saturated carbocycles. The maximum absolute atomic E-state index is 12.2. The Kier molecular flexibility index (Phi) is 4.24. The number of carbonyl (C=O) groups is 1. The number of aryl methyl sites for hydroxylation is 1. The van der Waals surface area contributed by atoms with Crippen molar-refractivity contribution in [2.45, 2.75) is 20.4 Å². The molecule has 6 heteroatoms. The van der Waals surface area contributed by atoms with Gasteiger partial charge in [0.2, 0.25) is 5.88 Å². The van der Waals surface area contributed by atoms with Crippen LogP contribution in [0.25, 0.3) is 0 Å². The molecule has 2 rings (SSSR count). The largest absolute Gasteiger partial charge is 0.478 e. The lowest BCUT2D eigenvalue weighted by molar-refractivity contribution is 0.101. The minimum Gasteiger partial charge on any atom is -0.478 e. The summed E-state index contributed by atoms with van der Waals surface area (Å²) in [6.07, 6.45) is 3.30. The van der Waals surface area contributed by atoms with Crippen molar-refractivity contribution in [2.75, 3.05) is 17.7 Å². The van der Waals surface area contributed by atoms with Gasteiger partial charge in [-0.2, -0.15) is 0 Å². The average Bonchev–Trinajstić information content (AvgIpc) is 2.82. The Hall–Kier alpha value is -2.50. The molecule has 0 aliphatic heterocycles. The number of anilines is 2. The van der Waals surface area contributed by atoms with Crippen LogP contribution in [0.1, 0.15) is 24.3 Å². The van der Waals surface area contributed by atoms with Crippen molar-refractivity contribution in [2.24, 2.45) is 0 Å². The zero-order valence-electron chi connectivity index (χ0n) is 11.6. The molecule has 0 bridgehead atoms. The highest BCUT2D eigenvalue weighted by atomic mass is 16.5. The molecule has 0 fully saturated rings. The van der Waals surface area contributed by atoms with E-state index >= 15 is 0 Å².